The zero-order chi connectivity index (χ0) is 20.2. The molecule has 3 amide bonds. The van der Waals surface area contributed by atoms with Crippen molar-refractivity contribution in [2.45, 2.75) is 13.5 Å². The van der Waals surface area contributed by atoms with E-state index in [0.29, 0.717) is 18.9 Å². The number of nitrogens with one attached hydrogen (secondary N) is 2. The number of imide groups is 1. The normalized spacial score (nSPS) is 10.3. The number of esters is 1. The van der Waals surface area contributed by atoms with Gasteiger partial charge in [0.05, 0.1) is 0 Å². The molecule has 7 nitrogen and oxygen atoms in total. The van der Waals surface area contributed by atoms with Crippen LogP contribution in [0.1, 0.15) is 18.1 Å². The molecule has 2 aromatic carbocycles. The minimum absolute atomic E-state index is 0.387. The molecular weight excluding hydrogens is 360 g/mol. The Morgan fingerprint density at radius 1 is 1.00 bits per heavy atom. The van der Waals surface area contributed by atoms with Crippen molar-refractivity contribution in [2.24, 2.45) is 0 Å². The summed E-state index contributed by atoms with van der Waals surface area (Å²) in [5, 5.41) is 4.43. The largest absolute Gasteiger partial charge is 0.489 e. The Labute approximate surface area is 163 Å². The highest BCUT2D eigenvalue weighted by atomic mass is 16.5. The predicted molar refractivity (Wildman–Crippen MR) is 104 cm³/mol. The van der Waals surface area contributed by atoms with Crippen molar-refractivity contribution in [1.29, 1.82) is 0 Å². The Balaban J connectivity index is 1.74. The van der Waals surface area contributed by atoms with E-state index in [-0.39, 0.29) is 0 Å². The predicted octanol–water partition coefficient (Wildman–Crippen LogP) is 2.67. The van der Waals surface area contributed by atoms with Crippen molar-refractivity contribution in [3.63, 3.8) is 0 Å². The maximum absolute atomic E-state index is 11.6. The Morgan fingerprint density at radius 2 is 1.71 bits per heavy atom. The van der Waals surface area contributed by atoms with Gasteiger partial charge >= 0.3 is 12.0 Å². The Morgan fingerprint density at radius 3 is 2.39 bits per heavy atom. The number of hydrogen-bond acceptors (Lipinski definition) is 5. The van der Waals surface area contributed by atoms with Gasteiger partial charge in [0.2, 0.25) is 0 Å². The van der Waals surface area contributed by atoms with Gasteiger partial charge in [-0.3, -0.25) is 10.1 Å². The van der Waals surface area contributed by atoms with E-state index in [1.165, 1.54) is 6.08 Å². The first-order valence-corrected chi connectivity index (χ1v) is 8.76. The maximum Gasteiger partial charge on any atom is 0.331 e. The van der Waals surface area contributed by atoms with Crippen molar-refractivity contribution in [2.75, 3.05) is 13.2 Å². The minimum Gasteiger partial charge on any atom is -0.489 e. The van der Waals surface area contributed by atoms with Crippen molar-refractivity contribution in [1.82, 2.24) is 10.6 Å². The van der Waals surface area contributed by atoms with E-state index >= 15 is 0 Å². The van der Waals surface area contributed by atoms with Crippen LogP contribution in [0.3, 0.4) is 0 Å². The first-order valence-electron chi connectivity index (χ1n) is 8.76. The second kappa shape index (κ2) is 11.2. The third-order valence-electron chi connectivity index (χ3n) is 3.48. The van der Waals surface area contributed by atoms with Crippen LogP contribution in [0.25, 0.3) is 6.08 Å². The molecule has 28 heavy (non-hydrogen) atoms. The van der Waals surface area contributed by atoms with Gasteiger partial charge in [-0.2, -0.15) is 0 Å². The molecule has 0 saturated heterocycles. The molecule has 0 saturated carbocycles. The van der Waals surface area contributed by atoms with Crippen LogP contribution in [0.4, 0.5) is 4.79 Å². The van der Waals surface area contributed by atoms with Crippen LogP contribution in [-0.4, -0.2) is 31.1 Å². The molecule has 0 aliphatic carbocycles. The number of amides is 3. The fourth-order valence-corrected chi connectivity index (χ4v) is 2.13. The van der Waals surface area contributed by atoms with Gasteiger partial charge in [0.1, 0.15) is 12.4 Å². The van der Waals surface area contributed by atoms with Crippen LogP contribution in [-0.2, 0) is 20.9 Å². The molecule has 0 atom stereocenters. The summed E-state index contributed by atoms with van der Waals surface area (Å²) >= 11 is 0. The van der Waals surface area contributed by atoms with Crippen molar-refractivity contribution in [3.05, 3.63) is 71.8 Å². The van der Waals surface area contributed by atoms with Gasteiger partial charge in [-0.25, -0.2) is 9.59 Å². The topological polar surface area (TPSA) is 93.7 Å². The molecule has 2 N–H and O–H groups in total. The summed E-state index contributed by atoms with van der Waals surface area (Å²) in [5.74, 6) is -0.673. The molecule has 0 aliphatic heterocycles. The lowest BCUT2D eigenvalue weighted by atomic mass is 10.2. The van der Waals surface area contributed by atoms with Gasteiger partial charge in [0, 0.05) is 12.6 Å². The van der Waals surface area contributed by atoms with Gasteiger partial charge in [0.15, 0.2) is 6.61 Å². The van der Waals surface area contributed by atoms with Crippen LogP contribution in [0.2, 0.25) is 0 Å². The zero-order valence-electron chi connectivity index (χ0n) is 15.5. The molecule has 0 unspecified atom stereocenters. The van der Waals surface area contributed by atoms with E-state index in [4.69, 9.17) is 9.47 Å². The molecule has 0 radical (unpaired) electrons. The molecule has 0 aliphatic rings. The van der Waals surface area contributed by atoms with E-state index in [0.717, 1.165) is 11.1 Å². The van der Waals surface area contributed by atoms with Gasteiger partial charge in [-0.1, -0.05) is 42.5 Å². The van der Waals surface area contributed by atoms with Gasteiger partial charge < -0.3 is 14.8 Å². The molecule has 2 rings (SSSR count). The lowest BCUT2D eigenvalue weighted by Crippen LogP contribution is -2.41. The number of benzene rings is 2. The van der Waals surface area contributed by atoms with Gasteiger partial charge in [-0.15, -0.1) is 0 Å². The second-order valence-electron chi connectivity index (χ2n) is 5.69. The lowest BCUT2D eigenvalue weighted by Gasteiger charge is -2.06. The fourth-order valence-electron chi connectivity index (χ4n) is 2.13. The standard InChI is InChI=1S/C21H22N2O5/c1-2-22-21(26)23-19(24)15-28-20(25)13-10-16-8-11-18(12-9-16)27-14-17-6-4-3-5-7-17/h3-13H,2,14-15H2,1H3,(H2,22,23,24,26)/b13-10+. The molecule has 0 heterocycles. The summed E-state index contributed by atoms with van der Waals surface area (Å²) in [7, 11) is 0. The molecule has 7 heteroatoms. The van der Waals surface area contributed by atoms with Crippen LogP contribution in [0, 0.1) is 0 Å². The zero-order valence-corrected chi connectivity index (χ0v) is 15.5. The number of ether oxygens (including phenoxy) is 2. The highest BCUT2D eigenvalue weighted by Crippen LogP contribution is 2.15. The van der Waals surface area contributed by atoms with E-state index in [9.17, 15) is 14.4 Å². The van der Waals surface area contributed by atoms with Crippen LogP contribution < -0.4 is 15.4 Å². The third-order valence-corrected chi connectivity index (χ3v) is 3.48. The fraction of sp³-hybridized carbons (Fsp3) is 0.190. The molecule has 146 valence electrons. The Kier molecular flexibility index (Phi) is 8.26. The number of carbonyl (C=O) groups is 3. The summed E-state index contributed by atoms with van der Waals surface area (Å²) in [6, 6.07) is 16.4. The summed E-state index contributed by atoms with van der Waals surface area (Å²) in [4.78, 5) is 34.2. The van der Waals surface area contributed by atoms with Crippen molar-refractivity contribution >= 4 is 24.0 Å². The monoisotopic (exact) mass is 382 g/mol. The SMILES string of the molecule is CCNC(=O)NC(=O)COC(=O)/C=C/c1ccc(OCc2ccccc2)cc1. The highest BCUT2D eigenvalue weighted by molar-refractivity contribution is 5.96. The van der Waals surface area contributed by atoms with Gasteiger partial charge in [-0.05, 0) is 36.3 Å². The smallest absolute Gasteiger partial charge is 0.331 e. The van der Waals surface area contributed by atoms with Crippen LogP contribution >= 0.6 is 0 Å². The first-order chi connectivity index (χ1) is 13.6. The quantitative estimate of drug-likeness (QED) is 0.541. The molecular formula is C21H22N2O5. The molecule has 0 fully saturated rings. The Bertz CT molecular complexity index is 816. The highest BCUT2D eigenvalue weighted by Gasteiger charge is 2.08. The summed E-state index contributed by atoms with van der Waals surface area (Å²) < 4.78 is 10.5. The average molecular weight is 382 g/mol. The van der Waals surface area contributed by atoms with Crippen molar-refractivity contribution in [3.8, 4) is 5.75 Å². The summed E-state index contributed by atoms with van der Waals surface area (Å²) in [6.07, 6.45) is 2.77. The minimum atomic E-state index is -0.701. The number of carbonyl (C=O) groups excluding carboxylic acids is 3. The summed E-state index contributed by atoms with van der Waals surface area (Å²) in [5.41, 5.74) is 1.85. The molecule has 0 aromatic heterocycles. The average Bonchev–Trinajstić information content (AvgIpc) is 2.71. The van der Waals surface area contributed by atoms with Crippen molar-refractivity contribution < 1.29 is 23.9 Å². The number of hydrogen-bond donors (Lipinski definition) is 2. The van der Waals surface area contributed by atoms with E-state index < -0.39 is 24.5 Å². The van der Waals surface area contributed by atoms with E-state index in [1.807, 2.05) is 35.6 Å². The Hall–Kier alpha value is -3.61. The first kappa shape index (κ1) is 20.7. The van der Waals surface area contributed by atoms with Gasteiger partial charge in [0.25, 0.3) is 5.91 Å². The molecule has 0 bridgehead atoms. The van der Waals surface area contributed by atoms with E-state index in [2.05, 4.69) is 5.32 Å². The molecule has 2 aromatic rings. The lowest BCUT2D eigenvalue weighted by molar-refractivity contribution is -0.143. The van der Waals surface area contributed by atoms with E-state index in [1.54, 1.807) is 37.3 Å². The number of rotatable bonds is 8. The maximum atomic E-state index is 11.6. The van der Waals surface area contributed by atoms with Crippen LogP contribution in [0.15, 0.2) is 60.7 Å². The van der Waals surface area contributed by atoms with Crippen LogP contribution in [0.5, 0.6) is 5.75 Å². The number of urea groups is 1. The third kappa shape index (κ3) is 7.74. The summed E-state index contributed by atoms with van der Waals surface area (Å²) in [6.45, 7) is 2.04. The second-order valence-corrected chi connectivity index (χ2v) is 5.69. The molecule has 0 spiro atoms.